The maximum absolute atomic E-state index is 14.0. The second-order valence-electron chi connectivity index (χ2n) is 5.32. The van der Waals surface area contributed by atoms with Crippen LogP contribution in [0.4, 0.5) is 67.2 Å². The van der Waals surface area contributed by atoms with Gasteiger partial charge in [-0.25, -0.2) is 0 Å². The van der Waals surface area contributed by atoms with Gasteiger partial charge < -0.3 is 5.32 Å². The zero-order valence-electron chi connectivity index (χ0n) is 13.4. The maximum Gasteiger partial charge on any atom is 0.462 e. The van der Waals surface area contributed by atoms with Gasteiger partial charge in [0.15, 0.2) is 0 Å². The Kier molecular flexibility index (Phi) is 6.36. The number of carbonyl (C=O) groups excluding carboxylic acids is 1. The molecule has 17 heteroatoms. The van der Waals surface area contributed by atoms with Crippen molar-refractivity contribution in [3.63, 3.8) is 0 Å². The third-order valence-corrected chi connectivity index (χ3v) is 3.09. The van der Waals surface area contributed by atoms with Gasteiger partial charge in [0, 0.05) is 5.69 Å². The highest BCUT2D eigenvalue weighted by Gasteiger charge is 2.79. The summed E-state index contributed by atoms with van der Waals surface area (Å²) in [5, 5.41) is 0.696. The Morgan fingerprint density at radius 2 is 1.27 bits per heavy atom. The van der Waals surface area contributed by atoms with Crippen LogP contribution in [-0.2, 0) is 15.7 Å². The number of nitrogens with one attached hydrogen (secondary N) is 1. The van der Waals surface area contributed by atoms with E-state index >= 15 is 0 Å². The molecule has 0 aliphatic carbocycles. The van der Waals surface area contributed by atoms with Crippen LogP contribution in [-0.4, -0.2) is 36.1 Å². The summed E-state index contributed by atoms with van der Waals surface area (Å²) < 4.78 is 179. The second kappa shape index (κ2) is 7.42. The lowest BCUT2D eigenvalue weighted by Crippen LogP contribution is -2.62. The summed E-state index contributed by atoms with van der Waals surface area (Å²) in [6.45, 7) is 0. The molecule has 0 radical (unpaired) electrons. The number of halogens is 14. The third-order valence-electron chi connectivity index (χ3n) is 3.09. The van der Waals surface area contributed by atoms with Crippen LogP contribution in [0.3, 0.4) is 0 Å². The van der Waals surface area contributed by atoms with Crippen LogP contribution in [0.2, 0.25) is 0 Å². The minimum Gasteiger partial charge on any atom is -0.321 e. The molecule has 172 valence electrons. The molecule has 0 heterocycles. The van der Waals surface area contributed by atoms with Crippen molar-refractivity contribution in [2.45, 2.75) is 36.4 Å². The Labute approximate surface area is 155 Å². The fraction of sp³-hybridized carbons (Fsp3) is 0.462. The van der Waals surface area contributed by atoms with Crippen LogP contribution in [0.25, 0.3) is 0 Å². The molecule has 0 spiro atoms. The molecule has 0 aliphatic heterocycles. The van der Waals surface area contributed by atoms with Crippen molar-refractivity contribution in [1.82, 2.24) is 0 Å². The lowest BCUT2D eigenvalue weighted by Gasteiger charge is -2.34. The van der Waals surface area contributed by atoms with Crippen molar-refractivity contribution in [3.05, 3.63) is 29.8 Å². The second-order valence-corrected chi connectivity index (χ2v) is 5.32. The van der Waals surface area contributed by atoms with E-state index in [1.807, 2.05) is 4.74 Å². The van der Waals surface area contributed by atoms with Crippen LogP contribution in [0.5, 0.6) is 0 Å². The number of alkyl halides is 14. The first-order valence-electron chi connectivity index (χ1n) is 6.83. The molecule has 0 fully saturated rings. The quantitative estimate of drug-likeness (QED) is 0.560. The van der Waals surface area contributed by atoms with E-state index in [1.165, 1.54) is 0 Å². The van der Waals surface area contributed by atoms with Gasteiger partial charge in [-0.2, -0.15) is 61.5 Å². The summed E-state index contributed by atoms with van der Waals surface area (Å²) in [4.78, 5) is 11.4. The largest absolute Gasteiger partial charge is 0.462 e. The standard InChI is InChI=1S/C13H5F14NO2/c14-8(11(20,21)22,30-13(26,27)10(18,19)12(23,24)25)7(29)28-6-3-1-2-5(4-6)9(15,16)17/h1-4H,(H,28,29)/t8-/m0/s1. The van der Waals surface area contributed by atoms with Gasteiger partial charge in [-0.05, 0) is 18.2 Å². The molecule has 0 aromatic heterocycles. The van der Waals surface area contributed by atoms with E-state index < -0.39 is 53.6 Å². The maximum atomic E-state index is 14.0. The normalized spacial score (nSPS) is 16.2. The highest BCUT2D eigenvalue weighted by molar-refractivity contribution is 5.97. The Balaban J connectivity index is 3.35. The highest BCUT2D eigenvalue weighted by atomic mass is 19.4. The minimum absolute atomic E-state index is 0.114. The number of anilines is 1. The molecular weight excluding hydrogens is 468 g/mol. The van der Waals surface area contributed by atoms with E-state index in [2.05, 4.69) is 0 Å². The van der Waals surface area contributed by atoms with Gasteiger partial charge in [0.05, 0.1) is 5.56 Å². The van der Waals surface area contributed by atoms with Crippen LogP contribution in [0, 0.1) is 0 Å². The van der Waals surface area contributed by atoms with Crippen LogP contribution < -0.4 is 5.32 Å². The van der Waals surface area contributed by atoms with Gasteiger partial charge in [0.2, 0.25) is 0 Å². The average molecular weight is 473 g/mol. The molecular formula is C13H5F14NO2. The van der Waals surface area contributed by atoms with Crippen molar-refractivity contribution >= 4 is 11.6 Å². The van der Waals surface area contributed by atoms with Crippen molar-refractivity contribution in [2.24, 2.45) is 0 Å². The highest BCUT2D eigenvalue weighted by Crippen LogP contribution is 2.51. The van der Waals surface area contributed by atoms with Gasteiger partial charge in [0.1, 0.15) is 0 Å². The van der Waals surface area contributed by atoms with Gasteiger partial charge >= 0.3 is 36.4 Å². The van der Waals surface area contributed by atoms with Gasteiger partial charge in [0.25, 0.3) is 5.91 Å². The number of rotatable bonds is 5. The molecule has 1 amide bonds. The molecule has 1 aromatic rings. The topological polar surface area (TPSA) is 38.3 Å². The molecule has 1 aromatic carbocycles. The van der Waals surface area contributed by atoms with E-state index in [-0.39, 0.29) is 6.07 Å². The SMILES string of the molecule is O=C(Nc1cccc(C(F)(F)F)c1)[C@](F)(OC(F)(F)C(F)(F)C(F)(F)F)C(F)(F)F. The Bertz CT molecular complexity index is 781. The molecule has 0 bridgehead atoms. The van der Waals surface area contributed by atoms with Gasteiger partial charge in [-0.1, -0.05) is 6.07 Å². The Morgan fingerprint density at radius 3 is 1.67 bits per heavy atom. The minimum atomic E-state index is -7.39. The number of hydrogen-bond donors (Lipinski definition) is 1. The third kappa shape index (κ3) is 4.86. The molecule has 0 aliphatic rings. The van der Waals surface area contributed by atoms with Crippen molar-refractivity contribution < 1.29 is 71.0 Å². The van der Waals surface area contributed by atoms with E-state index in [0.29, 0.717) is 23.5 Å². The lowest BCUT2D eigenvalue weighted by atomic mass is 10.1. The smallest absolute Gasteiger partial charge is 0.321 e. The monoisotopic (exact) mass is 473 g/mol. The van der Waals surface area contributed by atoms with Gasteiger partial charge in [-0.3, -0.25) is 9.53 Å². The number of benzene rings is 1. The fourth-order valence-corrected chi connectivity index (χ4v) is 1.62. The molecule has 0 unspecified atom stereocenters. The van der Waals surface area contributed by atoms with Crippen molar-refractivity contribution in [2.75, 3.05) is 5.32 Å². The number of ether oxygens (including phenoxy) is 1. The van der Waals surface area contributed by atoms with Gasteiger partial charge in [-0.15, -0.1) is 0 Å². The molecule has 0 saturated heterocycles. The van der Waals surface area contributed by atoms with E-state index in [0.717, 1.165) is 0 Å². The summed E-state index contributed by atoms with van der Waals surface area (Å²) in [6, 6.07) is 1.05. The first-order valence-corrected chi connectivity index (χ1v) is 6.83. The number of hydrogen-bond acceptors (Lipinski definition) is 2. The van der Waals surface area contributed by atoms with Crippen molar-refractivity contribution in [1.29, 1.82) is 0 Å². The zero-order valence-corrected chi connectivity index (χ0v) is 13.4. The summed E-state index contributed by atoms with van der Waals surface area (Å²) in [5.74, 6) is -17.4. The molecule has 0 saturated carbocycles. The first-order chi connectivity index (χ1) is 13.1. The zero-order chi connectivity index (χ0) is 24.0. The van der Waals surface area contributed by atoms with Crippen LogP contribution >= 0.6 is 0 Å². The number of carbonyl (C=O) groups is 1. The lowest BCUT2D eigenvalue weighted by molar-refractivity contribution is -0.472. The number of amides is 1. The summed E-state index contributed by atoms with van der Waals surface area (Å²) in [7, 11) is 0. The van der Waals surface area contributed by atoms with Crippen LogP contribution in [0.15, 0.2) is 24.3 Å². The summed E-state index contributed by atoms with van der Waals surface area (Å²) in [5.41, 5.74) is -2.94. The summed E-state index contributed by atoms with van der Waals surface area (Å²) >= 11 is 0. The average Bonchev–Trinajstić information content (AvgIpc) is 2.51. The summed E-state index contributed by atoms with van der Waals surface area (Å²) in [6.07, 6.45) is -26.6. The molecule has 1 rings (SSSR count). The molecule has 1 N–H and O–H groups in total. The molecule has 3 nitrogen and oxygen atoms in total. The Hall–Kier alpha value is -2.33. The predicted octanol–water partition coefficient (Wildman–Crippen LogP) is 5.68. The fourth-order valence-electron chi connectivity index (χ4n) is 1.62. The predicted molar refractivity (Wildman–Crippen MR) is 67.0 cm³/mol. The van der Waals surface area contributed by atoms with E-state index in [1.54, 1.807) is 0 Å². The van der Waals surface area contributed by atoms with Crippen LogP contribution in [0.1, 0.15) is 5.56 Å². The van der Waals surface area contributed by atoms with E-state index in [4.69, 9.17) is 0 Å². The molecule has 30 heavy (non-hydrogen) atoms. The van der Waals surface area contributed by atoms with E-state index in [9.17, 15) is 66.3 Å². The molecule has 1 atom stereocenters. The van der Waals surface area contributed by atoms with Crippen molar-refractivity contribution in [3.8, 4) is 0 Å². The Morgan fingerprint density at radius 1 is 0.767 bits per heavy atom. The first kappa shape index (κ1) is 25.7.